The molecule has 212 valence electrons. The van der Waals surface area contributed by atoms with Crippen molar-refractivity contribution in [2.24, 2.45) is 10.8 Å². The van der Waals surface area contributed by atoms with E-state index in [9.17, 15) is 13.9 Å². The standard InChI is InChI=1S/C31H23F4N5O2/c32-24-7-10-26(27(33)13-24)30(41,19-40-20-37-38-39-40)31(34,35)29-16-28(17-29,18-29)12-11-21-5-8-25(9-6-21)42-15-23-3-1-22(14-36)2-4-23/h1-10,13,20,41H,15-19H2. The van der Waals surface area contributed by atoms with Crippen LogP contribution in [0.25, 0.3) is 0 Å². The monoisotopic (exact) mass is 573 g/mol. The second-order valence-corrected chi connectivity index (χ2v) is 11.0. The number of alkyl halides is 2. The maximum Gasteiger partial charge on any atom is 0.287 e. The molecule has 3 fully saturated rings. The molecule has 3 saturated carbocycles. The summed E-state index contributed by atoms with van der Waals surface area (Å²) in [6, 6.07) is 18.4. The second-order valence-electron chi connectivity index (χ2n) is 11.0. The second kappa shape index (κ2) is 9.97. The van der Waals surface area contributed by atoms with E-state index in [2.05, 4.69) is 33.4 Å². The average molecular weight is 574 g/mol. The van der Waals surface area contributed by atoms with Crippen LogP contribution in [0.4, 0.5) is 17.6 Å². The molecule has 1 aromatic heterocycles. The number of benzene rings is 3. The summed E-state index contributed by atoms with van der Waals surface area (Å²) < 4.78 is 67.5. The number of nitriles is 1. The van der Waals surface area contributed by atoms with Gasteiger partial charge in [-0.3, -0.25) is 0 Å². The third-order valence-corrected chi connectivity index (χ3v) is 8.19. The third kappa shape index (κ3) is 4.56. The van der Waals surface area contributed by atoms with E-state index in [0.717, 1.165) is 28.7 Å². The topological polar surface area (TPSA) is 96.8 Å². The van der Waals surface area contributed by atoms with Crippen LogP contribution < -0.4 is 4.74 Å². The maximum atomic E-state index is 16.2. The quantitative estimate of drug-likeness (QED) is 0.232. The molecule has 3 aliphatic carbocycles. The Bertz CT molecular complexity index is 1700. The van der Waals surface area contributed by atoms with E-state index in [1.807, 2.05) is 12.1 Å². The predicted molar refractivity (Wildman–Crippen MR) is 141 cm³/mol. The number of hydrogen-bond donors (Lipinski definition) is 1. The van der Waals surface area contributed by atoms with Crippen LogP contribution in [-0.4, -0.2) is 31.2 Å². The van der Waals surface area contributed by atoms with Gasteiger partial charge in [-0.15, -0.1) is 5.10 Å². The molecule has 0 radical (unpaired) electrons. The molecule has 4 aromatic rings. The lowest BCUT2D eigenvalue weighted by atomic mass is 9.32. The molecular formula is C31H23F4N5O2. The van der Waals surface area contributed by atoms with Crippen molar-refractivity contribution in [3.63, 3.8) is 0 Å². The van der Waals surface area contributed by atoms with Crippen LogP contribution in [0.5, 0.6) is 5.75 Å². The van der Waals surface area contributed by atoms with Crippen molar-refractivity contribution in [3.8, 4) is 23.7 Å². The molecule has 42 heavy (non-hydrogen) atoms. The summed E-state index contributed by atoms with van der Waals surface area (Å²) in [7, 11) is 0. The van der Waals surface area contributed by atoms with Gasteiger partial charge in [0, 0.05) is 28.0 Å². The van der Waals surface area contributed by atoms with Gasteiger partial charge in [0.2, 0.25) is 0 Å². The van der Waals surface area contributed by atoms with Crippen molar-refractivity contribution in [2.75, 3.05) is 0 Å². The smallest absolute Gasteiger partial charge is 0.287 e. The zero-order chi connectivity index (χ0) is 29.6. The first-order valence-corrected chi connectivity index (χ1v) is 13.1. The van der Waals surface area contributed by atoms with Gasteiger partial charge in [-0.05, 0) is 83.8 Å². The lowest BCUT2D eigenvalue weighted by Crippen LogP contribution is -2.74. The molecule has 0 saturated heterocycles. The molecule has 1 atom stereocenters. The fourth-order valence-corrected chi connectivity index (χ4v) is 6.04. The number of ether oxygens (including phenoxy) is 1. The van der Waals surface area contributed by atoms with Gasteiger partial charge in [0.1, 0.15) is 30.3 Å². The van der Waals surface area contributed by atoms with Crippen molar-refractivity contribution in [1.29, 1.82) is 5.26 Å². The Morgan fingerprint density at radius 2 is 1.67 bits per heavy atom. The summed E-state index contributed by atoms with van der Waals surface area (Å²) >= 11 is 0. The molecule has 0 aliphatic heterocycles. The molecule has 11 heteroatoms. The first kappa shape index (κ1) is 27.4. The SMILES string of the molecule is N#Cc1ccc(COc2ccc(C#CC34CC(C(F)(F)C(O)(Cn5cnnn5)c5ccc(F)cc5F)(C3)C4)cc2)cc1. The summed E-state index contributed by atoms with van der Waals surface area (Å²) in [6.07, 6.45) is 1.10. The Hall–Kier alpha value is -4.74. The van der Waals surface area contributed by atoms with Crippen LogP contribution in [0, 0.1) is 45.6 Å². The highest BCUT2D eigenvalue weighted by Gasteiger charge is 2.81. The van der Waals surface area contributed by atoms with Crippen LogP contribution in [0.3, 0.4) is 0 Å². The molecule has 1 N–H and O–H groups in total. The summed E-state index contributed by atoms with van der Waals surface area (Å²) in [6.45, 7) is -0.493. The largest absolute Gasteiger partial charge is 0.489 e. The third-order valence-electron chi connectivity index (χ3n) is 8.19. The minimum Gasteiger partial charge on any atom is -0.489 e. The molecule has 3 aromatic carbocycles. The van der Waals surface area contributed by atoms with Crippen LogP contribution >= 0.6 is 0 Å². The molecule has 0 amide bonds. The number of tetrazole rings is 1. The Kier molecular flexibility index (Phi) is 6.51. The van der Waals surface area contributed by atoms with Crippen LogP contribution in [-0.2, 0) is 18.8 Å². The summed E-state index contributed by atoms with van der Waals surface area (Å²) in [5.41, 5.74) is -3.82. The Labute approximate surface area is 238 Å². The van der Waals surface area contributed by atoms with Crippen LogP contribution in [0.2, 0.25) is 0 Å². The highest BCUT2D eigenvalue weighted by molar-refractivity contribution is 5.44. The van der Waals surface area contributed by atoms with Crippen molar-refractivity contribution >= 4 is 0 Å². The van der Waals surface area contributed by atoms with Gasteiger partial charge in [0.15, 0.2) is 5.60 Å². The molecule has 2 bridgehead atoms. The van der Waals surface area contributed by atoms with Crippen molar-refractivity contribution in [3.05, 3.63) is 107 Å². The Morgan fingerprint density at radius 3 is 2.29 bits per heavy atom. The van der Waals surface area contributed by atoms with Crippen LogP contribution in [0.1, 0.15) is 41.5 Å². The van der Waals surface area contributed by atoms with E-state index in [0.29, 0.717) is 29.5 Å². The fourth-order valence-electron chi connectivity index (χ4n) is 6.04. The Balaban J connectivity index is 1.14. The van der Waals surface area contributed by atoms with Gasteiger partial charge in [-0.25, -0.2) is 22.2 Å². The van der Waals surface area contributed by atoms with Gasteiger partial charge in [0.05, 0.1) is 18.2 Å². The van der Waals surface area contributed by atoms with E-state index in [4.69, 9.17) is 10.00 Å². The summed E-state index contributed by atoms with van der Waals surface area (Å²) in [5.74, 6) is 0.773. The normalized spacial score (nSPS) is 22.0. The molecule has 1 heterocycles. The number of aliphatic hydroxyl groups is 1. The molecule has 1 unspecified atom stereocenters. The van der Waals surface area contributed by atoms with Gasteiger partial charge < -0.3 is 9.84 Å². The maximum absolute atomic E-state index is 16.2. The minimum atomic E-state index is -3.80. The molecule has 7 nitrogen and oxygen atoms in total. The lowest BCUT2D eigenvalue weighted by Gasteiger charge is -2.72. The van der Waals surface area contributed by atoms with Crippen molar-refractivity contribution in [1.82, 2.24) is 20.2 Å². The average Bonchev–Trinajstić information content (AvgIpc) is 3.44. The van der Waals surface area contributed by atoms with E-state index in [1.54, 1.807) is 36.4 Å². The van der Waals surface area contributed by atoms with Crippen molar-refractivity contribution < 1.29 is 27.4 Å². The van der Waals surface area contributed by atoms with E-state index in [-0.39, 0.29) is 19.3 Å². The van der Waals surface area contributed by atoms with Crippen LogP contribution in [0.15, 0.2) is 73.1 Å². The predicted octanol–water partition coefficient (Wildman–Crippen LogP) is 5.15. The van der Waals surface area contributed by atoms with Gasteiger partial charge in [-0.2, -0.15) is 5.26 Å². The Morgan fingerprint density at radius 1 is 0.976 bits per heavy atom. The number of nitrogens with zero attached hydrogens (tertiary/aromatic N) is 5. The number of halogens is 4. The highest BCUT2D eigenvalue weighted by atomic mass is 19.3. The summed E-state index contributed by atoms with van der Waals surface area (Å²) in [5, 5.41) is 30.7. The molecule has 0 spiro atoms. The van der Waals surface area contributed by atoms with Gasteiger partial charge >= 0.3 is 0 Å². The first-order valence-electron chi connectivity index (χ1n) is 13.1. The molecule has 7 rings (SSSR count). The number of hydrogen-bond acceptors (Lipinski definition) is 6. The zero-order valence-corrected chi connectivity index (χ0v) is 22.1. The minimum absolute atomic E-state index is 0.0204. The highest BCUT2D eigenvalue weighted by Crippen LogP contribution is 2.80. The van der Waals surface area contributed by atoms with E-state index in [1.165, 1.54) is 0 Å². The molecular weight excluding hydrogens is 550 g/mol. The lowest BCUT2D eigenvalue weighted by molar-refractivity contribution is -0.355. The van der Waals surface area contributed by atoms with E-state index < -0.39 is 46.1 Å². The first-order chi connectivity index (χ1) is 20.1. The van der Waals surface area contributed by atoms with E-state index >= 15 is 8.78 Å². The zero-order valence-electron chi connectivity index (χ0n) is 22.1. The number of rotatable bonds is 8. The van der Waals surface area contributed by atoms with Gasteiger partial charge in [-0.1, -0.05) is 24.0 Å². The van der Waals surface area contributed by atoms with Crippen molar-refractivity contribution in [2.45, 2.75) is 43.9 Å². The number of aromatic nitrogens is 4. The fraction of sp³-hybridized carbons (Fsp3) is 0.290. The molecule has 3 aliphatic rings. The summed E-state index contributed by atoms with van der Waals surface area (Å²) in [4.78, 5) is 0. The van der Waals surface area contributed by atoms with Gasteiger partial charge in [0.25, 0.3) is 5.92 Å².